The Bertz CT molecular complexity index is 646. The molecule has 1 aliphatic rings. The number of likely N-dealkylation sites (tertiary alicyclic amines) is 1. The van der Waals surface area contributed by atoms with Crippen LogP contribution in [-0.4, -0.2) is 48.1 Å². The molecule has 1 aliphatic heterocycles. The van der Waals surface area contributed by atoms with Gasteiger partial charge >= 0.3 is 16.2 Å². The molecular formula is C13H14FNO5S. The second-order valence-corrected chi connectivity index (χ2v) is 6.51. The smallest absolute Gasteiger partial charge is 0.326 e. The number of aliphatic carboxylic acids is 1. The van der Waals surface area contributed by atoms with Gasteiger partial charge in [0, 0.05) is 19.4 Å². The molecule has 2 rings (SSSR count). The van der Waals surface area contributed by atoms with E-state index < -0.39 is 46.4 Å². The van der Waals surface area contributed by atoms with Crippen molar-refractivity contribution in [2.24, 2.45) is 0 Å². The molecule has 2 unspecified atom stereocenters. The largest absolute Gasteiger partial charge is 0.480 e. The number of nitrogens with zero attached hydrogens (tertiary/aromatic N) is 1. The van der Waals surface area contributed by atoms with E-state index in [9.17, 15) is 27.0 Å². The fourth-order valence-electron chi connectivity index (χ4n) is 2.36. The first-order chi connectivity index (χ1) is 9.79. The molecule has 0 saturated carbocycles. The summed E-state index contributed by atoms with van der Waals surface area (Å²) in [5.41, 5.74) is 0.698. The first-order valence-electron chi connectivity index (χ1n) is 6.28. The number of halogens is 1. The van der Waals surface area contributed by atoms with Gasteiger partial charge in [0.2, 0.25) is 5.91 Å². The molecular weight excluding hydrogens is 301 g/mol. The van der Waals surface area contributed by atoms with Crippen LogP contribution in [0.5, 0.6) is 0 Å². The van der Waals surface area contributed by atoms with Gasteiger partial charge < -0.3 is 10.0 Å². The zero-order valence-electron chi connectivity index (χ0n) is 11.0. The molecule has 114 valence electrons. The van der Waals surface area contributed by atoms with Crippen LogP contribution in [0.4, 0.5) is 3.89 Å². The third kappa shape index (κ3) is 3.57. The maximum absolute atomic E-state index is 13.0. The van der Waals surface area contributed by atoms with Crippen molar-refractivity contribution in [2.45, 2.75) is 24.1 Å². The van der Waals surface area contributed by atoms with Gasteiger partial charge in [-0.05, 0) is 5.56 Å². The lowest BCUT2D eigenvalue weighted by Crippen LogP contribution is -2.44. The molecule has 1 fully saturated rings. The molecule has 0 aromatic heterocycles. The predicted molar refractivity (Wildman–Crippen MR) is 71.7 cm³/mol. The van der Waals surface area contributed by atoms with Gasteiger partial charge in [-0.2, -0.15) is 8.42 Å². The topological polar surface area (TPSA) is 91.8 Å². The Kier molecular flexibility index (Phi) is 4.26. The van der Waals surface area contributed by atoms with Crippen molar-refractivity contribution in [2.75, 3.05) is 6.54 Å². The minimum absolute atomic E-state index is 0.0426. The van der Waals surface area contributed by atoms with Gasteiger partial charge in [0.15, 0.2) is 0 Å². The summed E-state index contributed by atoms with van der Waals surface area (Å²) in [6.07, 6.45) is -0.474. The summed E-state index contributed by atoms with van der Waals surface area (Å²) >= 11 is 0. The number of carbonyl (C=O) groups excluding carboxylic acids is 1. The summed E-state index contributed by atoms with van der Waals surface area (Å²) < 4.78 is 34.7. The normalized spacial score (nSPS) is 20.5. The molecule has 1 saturated heterocycles. The average molecular weight is 315 g/mol. The standard InChI is InChI=1S/C13H14FNO5S/c14-21(19,20)10-7-12(16)15(8-10)11(13(17)18)6-9-4-2-1-3-5-9/h1-5,10-11H,6-8H2,(H,17,18). The molecule has 0 spiro atoms. The maximum Gasteiger partial charge on any atom is 0.326 e. The molecule has 0 aliphatic carbocycles. The number of carboxylic acids is 1. The number of amides is 1. The van der Waals surface area contributed by atoms with Crippen LogP contribution in [0.2, 0.25) is 0 Å². The van der Waals surface area contributed by atoms with Crippen molar-refractivity contribution in [3.63, 3.8) is 0 Å². The van der Waals surface area contributed by atoms with Crippen LogP contribution in [-0.2, 0) is 26.2 Å². The zero-order valence-corrected chi connectivity index (χ0v) is 11.8. The molecule has 1 amide bonds. The lowest BCUT2D eigenvalue weighted by atomic mass is 10.1. The Morgan fingerprint density at radius 3 is 2.48 bits per heavy atom. The van der Waals surface area contributed by atoms with Crippen LogP contribution in [0.15, 0.2) is 30.3 Å². The van der Waals surface area contributed by atoms with Crippen LogP contribution in [0.3, 0.4) is 0 Å². The Balaban J connectivity index is 2.20. The molecule has 21 heavy (non-hydrogen) atoms. The third-order valence-corrected chi connectivity index (χ3v) is 4.57. The van der Waals surface area contributed by atoms with Crippen molar-refractivity contribution in [3.8, 4) is 0 Å². The average Bonchev–Trinajstić information content (AvgIpc) is 2.79. The van der Waals surface area contributed by atoms with Gasteiger partial charge in [-0.1, -0.05) is 30.3 Å². The van der Waals surface area contributed by atoms with Gasteiger partial charge in [-0.25, -0.2) is 4.79 Å². The number of carboxylic acid groups (broad SMARTS) is 1. The van der Waals surface area contributed by atoms with Gasteiger partial charge in [0.05, 0.1) is 0 Å². The van der Waals surface area contributed by atoms with Gasteiger partial charge in [0.25, 0.3) is 0 Å². The molecule has 1 heterocycles. The van der Waals surface area contributed by atoms with Gasteiger partial charge in [-0.15, -0.1) is 3.89 Å². The highest BCUT2D eigenvalue weighted by molar-refractivity contribution is 7.87. The van der Waals surface area contributed by atoms with Crippen molar-refractivity contribution in [3.05, 3.63) is 35.9 Å². The summed E-state index contributed by atoms with van der Waals surface area (Å²) in [7, 11) is -4.86. The molecule has 6 nitrogen and oxygen atoms in total. The number of hydrogen-bond donors (Lipinski definition) is 1. The van der Waals surface area contributed by atoms with E-state index in [1.165, 1.54) is 0 Å². The van der Waals surface area contributed by atoms with Gasteiger partial charge in [-0.3, -0.25) is 4.79 Å². The summed E-state index contributed by atoms with van der Waals surface area (Å²) in [5.74, 6) is -1.91. The summed E-state index contributed by atoms with van der Waals surface area (Å²) in [5, 5.41) is 7.78. The predicted octanol–water partition coefficient (Wildman–Crippen LogP) is 0.583. The van der Waals surface area contributed by atoms with E-state index in [4.69, 9.17) is 0 Å². The van der Waals surface area contributed by atoms with E-state index in [1.54, 1.807) is 30.3 Å². The Morgan fingerprint density at radius 2 is 2.00 bits per heavy atom. The van der Waals surface area contributed by atoms with Crippen molar-refractivity contribution in [1.29, 1.82) is 0 Å². The van der Waals surface area contributed by atoms with E-state index in [0.29, 0.717) is 5.56 Å². The van der Waals surface area contributed by atoms with Crippen LogP contribution < -0.4 is 0 Å². The third-order valence-electron chi connectivity index (χ3n) is 3.45. The fraction of sp³-hybridized carbons (Fsp3) is 0.385. The highest BCUT2D eigenvalue weighted by Crippen LogP contribution is 2.23. The summed E-state index contributed by atoms with van der Waals surface area (Å²) in [6, 6.07) is 7.45. The first kappa shape index (κ1) is 15.4. The van der Waals surface area contributed by atoms with Crippen molar-refractivity contribution >= 4 is 22.1 Å². The second kappa shape index (κ2) is 5.80. The number of hydrogen-bond acceptors (Lipinski definition) is 4. The van der Waals surface area contributed by atoms with Crippen LogP contribution in [0.25, 0.3) is 0 Å². The van der Waals surface area contributed by atoms with E-state index in [1.807, 2.05) is 0 Å². The lowest BCUT2D eigenvalue weighted by molar-refractivity contribution is -0.148. The molecule has 1 aromatic rings. The number of rotatable bonds is 5. The molecule has 1 N–H and O–H groups in total. The quantitative estimate of drug-likeness (QED) is 0.803. The molecule has 8 heteroatoms. The van der Waals surface area contributed by atoms with E-state index >= 15 is 0 Å². The lowest BCUT2D eigenvalue weighted by Gasteiger charge is -2.24. The molecule has 0 radical (unpaired) electrons. The van der Waals surface area contributed by atoms with Crippen molar-refractivity contribution < 1.29 is 27.0 Å². The van der Waals surface area contributed by atoms with E-state index in [-0.39, 0.29) is 6.42 Å². The van der Waals surface area contributed by atoms with Crippen LogP contribution in [0.1, 0.15) is 12.0 Å². The van der Waals surface area contributed by atoms with Crippen molar-refractivity contribution in [1.82, 2.24) is 4.90 Å². The number of benzene rings is 1. The van der Waals surface area contributed by atoms with Crippen LogP contribution >= 0.6 is 0 Å². The highest BCUT2D eigenvalue weighted by Gasteiger charge is 2.43. The number of carbonyl (C=O) groups is 2. The van der Waals surface area contributed by atoms with Crippen LogP contribution in [0, 0.1) is 0 Å². The second-order valence-electron chi connectivity index (χ2n) is 4.89. The zero-order chi connectivity index (χ0) is 15.6. The minimum Gasteiger partial charge on any atom is -0.480 e. The Morgan fingerprint density at radius 1 is 1.38 bits per heavy atom. The SMILES string of the molecule is O=C(O)C(Cc1ccccc1)N1CC(S(=O)(=O)F)CC1=O. The Hall–Kier alpha value is -1.96. The molecule has 0 bridgehead atoms. The molecule has 1 aromatic carbocycles. The van der Waals surface area contributed by atoms with E-state index in [2.05, 4.69) is 0 Å². The highest BCUT2D eigenvalue weighted by atomic mass is 32.3. The van der Waals surface area contributed by atoms with E-state index in [0.717, 1.165) is 4.90 Å². The Labute approximate surface area is 121 Å². The maximum atomic E-state index is 13.0. The monoisotopic (exact) mass is 315 g/mol. The first-order valence-corrected chi connectivity index (χ1v) is 7.73. The molecule has 2 atom stereocenters. The summed E-state index contributed by atoms with van der Waals surface area (Å²) in [4.78, 5) is 24.1. The van der Waals surface area contributed by atoms with Gasteiger partial charge in [0.1, 0.15) is 11.3 Å². The minimum atomic E-state index is -4.86. The summed E-state index contributed by atoms with van der Waals surface area (Å²) in [6.45, 7) is -0.429. The fourth-order valence-corrected chi connectivity index (χ4v) is 3.04.